The number of aromatic nitrogens is 1. The van der Waals surface area contributed by atoms with Crippen LogP contribution < -0.4 is 16.6 Å². The molecule has 1 aromatic heterocycles. The van der Waals surface area contributed by atoms with Crippen LogP contribution in [0.5, 0.6) is 0 Å². The summed E-state index contributed by atoms with van der Waals surface area (Å²) in [6.45, 7) is 2.00. The summed E-state index contributed by atoms with van der Waals surface area (Å²) in [7, 11) is 0. The van der Waals surface area contributed by atoms with Gasteiger partial charge in [-0.15, -0.1) is 0 Å². The van der Waals surface area contributed by atoms with E-state index in [1.54, 1.807) is 0 Å². The SMILES string of the molecule is NNc1cc(C(=O)NCC2COCCO2)cc(Cl)n1. The number of amides is 1. The molecule has 0 aromatic carbocycles. The van der Waals surface area contributed by atoms with Crippen LogP contribution in [-0.2, 0) is 9.47 Å². The number of hydrogen-bond acceptors (Lipinski definition) is 6. The van der Waals surface area contributed by atoms with E-state index in [2.05, 4.69) is 15.7 Å². The van der Waals surface area contributed by atoms with Gasteiger partial charge in [-0.25, -0.2) is 10.8 Å². The van der Waals surface area contributed by atoms with Gasteiger partial charge in [-0.1, -0.05) is 11.6 Å². The van der Waals surface area contributed by atoms with Crippen LogP contribution >= 0.6 is 11.6 Å². The van der Waals surface area contributed by atoms with Gasteiger partial charge in [0, 0.05) is 12.1 Å². The highest BCUT2D eigenvalue weighted by atomic mass is 35.5. The van der Waals surface area contributed by atoms with E-state index in [4.69, 9.17) is 26.9 Å². The summed E-state index contributed by atoms with van der Waals surface area (Å²) in [6.07, 6.45) is -0.123. The van der Waals surface area contributed by atoms with Gasteiger partial charge < -0.3 is 20.2 Å². The first-order valence-corrected chi connectivity index (χ1v) is 6.18. The number of halogens is 1. The fourth-order valence-electron chi connectivity index (χ4n) is 1.66. The topological polar surface area (TPSA) is 98.5 Å². The summed E-state index contributed by atoms with van der Waals surface area (Å²) in [5, 5.41) is 2.94. The molecule has 7 nitrogen and oxygen atoms in total. The second-order valence-electron chi connectivity index (χ2n) is 3.99. The van der Waals surface area contributed by atoms with Crippen LogP contribution in [0.4, 0.5) is 5.82 Å². The molecule has 1 atom stereocenters. The van der Waals surface area contributed by atoms with E-state index in [1.165, 1.54) is 12.1 Å². The Hall–Kier alpha value is -1.41. The maximum absolute atomic E-state index is 11.9. The van der Waals surface area contributed by atoms with E-state index in [0.29, 0.717) is 37.7 Å². The second-order valence-corrected chi connectivity index (χ2v) is 4.37. The van der Waals surface area contributed by atoms with Crippen molar-refractivity contribution >= 4 is 23.3 Å². The minimum Gasteiger partial charge on any atom is -0.376 e. The molecule has 1 fully saturated rings. The summed E-state index contributed by atoms with van der Waals surface area (Å²) in [4.78, 5) is 15.8. The number of nitrogens with one attached hydrogen (secondary N) is 2. The van der Waals surface area contributed by atoms with Crippen molar-refractivity contribution in [2.75, 3.05) is 31.8 Å². The van der Waals surface area contributed by atoms with Gasteiger partial charge in [-0.2, -0.15) is 0 Å². The number of nitrogen functional groups attached to an aromatic ring is 1. The van der Waals surface area contributed by atoms with Gasteiger partial charge in [0.25, 0.3) is 5.91 Å². The Balaban J connectivity index is 1.93. The predicted molar refractivity (Wildman–Crippen MR) is 69.9 cm³/mol. The molecule has 0 radical (unpaired) electrons. The molecule has 1 aliphatic rings. The first kappa shape index (κ1) is 14.0. The fraction of sp³-hybridized carbons (Fsp3) is 0.455. The summed E-state index contributed by atoms with van der Waals surface area (Å²) >= 11 is 5.79. The van der Waals surface area contributed by atoms with Crippen LogP contribution in [0.1, 0.15) is 10.4 Å². The van der Waals surface area contributed by atoms with Gasteiger partial charge in [-0.3, -0.25) is 4.79 Å². The normalized spacial score (nSPS) is 18.9. The van der Waals surface area contributed by atoms with E-state index >= 15 is 0 Å². The van der Waals surface area contributed by atoms with Crippen molar-refractivity contribution in [2.45, 2.75) is 6.10 Å². The van der Waals surface area contributed by atoms with E-state index in [0.717, 1.165) is 0 Å². The van der Waals surface area contributed by atoms with Crippen molar-refractivity contribution in [3.05, 3.63) is 22.8 Å². The lowest BCUT2D eigenvalue weighted by Gasteiger charge is -2.23. The minimum atomic E-state index is -0.269. The molecule has 2 rings (SSSR count). The molecular weight excluding hydrogens is 272 g/mol. The summed E-state index contributed by atoms with van der Waals surface area (Å²) < 4.78 is 10.7. The lowest BCUT2D eigenvalue weighted by Crippen LogP contribution is -2.39. The monoisotopic (exact) mass is 286 g/mol. The Morgan fingerprint density at radius 3 is 3.05 bits per heavy atom. The molecular formula is C11H15ClN4O3. The summed E-state index contributed by atoms with van der Waals surface area (Å²) in [5.74, 6) is 5.30. The molecule has 1 unspecified atom stereocenters. The molecule has 8 heteroatoms. The smallest absolute Gasteiger partial charge is 0.251 e. The highest BCUT2D eigenvalue weighted by molar-refractivity contribution is 6.29. The maximum atomic E-state index is 11.9. The Labute approximate surface area is 115 Å². The number of nitrogens with two attached hydrogens (primary N) is 1. The molecule has 2 heterocycles. The van der Waals surface area contributed by atoms with Crippen molar-refractivity contribution in [2.24, 2.45) is 5.84 Å². The Kier molecular flexibility index (Phi) is 4.92. The predicted octanol–water partition coefficient (Wildman–Crippen LogP) is 0.166. The van der Waals surface area contributed by atoms with Gasteiger partial charge in [0.2, 0.25) is 0 Å². The largest absolute Gasteiger partial charge is 0.376 e. The van der Waals surface area contributed by atoms with Gasteiger partial charge in [0.05, 0.1) is 25.9 Å². The molecule has 1 aromatic rings. The third kappa shape index (κ3) is 4.03. The number of ether oxygens (including phenoxy) is 2. The number of carbonyl (C=O) groups excluding carboxylic acids is 1. The first-order chi connectivity index (χ1) is 9.19. The van der Waals surface area contributed by atoms with E-state index in [1.807, 2.05) is 0 Å². The van der Waals surface area contributed by atoms with Crippen LogP contribution in [0.2, 0.25) is 5.15 Å². The number of anilines is 1. The molecule has 4 N–H and O–H groups in total. The Morgan fingerprint density at radius 2 is 2.37 bits per heavy atom. The zero-order valence-corrected chi connectivity index (χ0v) is 10.9. The van der Waals surface area contributed by atoms with Gasteiger partial charge >= 0.3 is 0 Å². The fourth-order valence-corrected chi connectivity index (χ4v) is 1.87. The third-order valence-corrected chi connectivity index (χ3v) is 2.77. The number of hydrazine groups is 1. The van der Waals surface area contributed by atoms with Crippen molar-refractivity contribution in [1.82, 2.24) is 10.3 Å². The molecule has 1 saturated heterocycles. The highest BCUT2D eigenvalue weighted by Crippen LogP contribution is 2.13. The molecule has 1 aliphatic heterocycles. The lowest BCUT2D eigenvalue weighted by atomic mass is 10.2. The molecule has 0 spiro atoms. The summed E-state index contributed by atoms with van der Waals surface area (Å²) in [5.41, 5.74) is 2.73. The third-order valence-electron chi connectivity index (χ3n) is 2.58. The van der Waals surface area contributed by atoms with Crippen molar-refractivity contribution in [1.29, 1.82) is 0 Å². The van der Waals surface area contributed by atoms with Gasteiger partial charge in [-0.05, 0) is 12.1 Å². The highest BCUT2D eigenvalue weighted by Gasteiger charge is 2.16. The molecule has 19 heavy (non-hydrogen) atoms. The quantitative estimate of drug-likeness (QED) is 0.414. The zero-order chi connectivity index (χ0) is 13.7. The standard InChI is InChI=1S/C11H15ClN4O3/c12-9-3-7(4-10(15-9)16-13)11(17)14-5-8-6-18-1-2-19-8/h3-4,8H,1-2,5-6,13H2,(H,14,17)(H,15,16). The number of carbonyl (C=O) groups is 1. The van der Waals surface area contributed by atoms with E-state index < -0.39 is 0 Å². The van der Waals surface area contributed by atoms with Gasteiger partial charge in [0.15, 0.2) is 0 Å². The molecule has 104 valence electrons. The van der Waals surface area contributed by atoms with Gasteiger partial charge in [0.1, 0.15) is 11.0 Å². The average Bonchev–Trinajstić information content (AvgIpc) is 2.45. The van der Waals surface area contributed by atoms with Crippen LogP contribution in [0, 0.1) is 0 Å². The number of rotatable bonds is 4. The van der Waals surface area contributed by atoms with Crippen LogP contribution in [0.15, 0.2) is 12.1 Å². The second kappa shape index (κ2) is 6.67. The maximum Gasteiger partial charge on any atom is 0.251 e. The Morgan fingerprint density at radius 1 is 1.53 bits per heavy atom. The Bertz CT molecular complexity index is 452. The van der Waals surface area contributed by atoms with Crippen molar-refractivity contribution in [3.63, 3.8) is 0 Å². The van der Waals surface area contributed by atoms with Crippen LogP contribution in [-0.4, -0.2) is 43.4 Å². The van der Waals surface area contributed by atoms with Crippen LogP contribution in [0.3, 0.4) is 0 Å². The van der Waals surface area contributed by atoms with Crippen molar-refractivity contribution in [3.8, 4) is 0 Å². The summed E-state index contributed by atoms with van der Waals surface area (Å²) in [6, 6.07) is 2.98. The number of pyridine rings is 1. The molecule has 0 aliphatic carbocycles. The van der Waals surface area contributed by atoms with E-state index in [-0.39, 0.29) is 17.2 Å². The zero-order valence-electron chi connectivity index (χ0n) is 10.2. The van der Waals surface area contributed by atoms with E-state index in [9.17, 15) is 4.79 Å². The molecule has 0 saturated carbocycles. The van der Waals surface area contributed by atoms with Crippen LogP contribution in [0.25, 0.3) is 0 Å². The first-order valence-electron chi connectivity index (χ1n) is 5.81. The minimum absolute atomic E-state index is 0.123. The number of hydrogen-bond donors (Lipinski definition) is 3. The average molecular weight is 287 g/mol. The molecule has 1 amide bonds. The molecule has 0 bridgehead atoms. The number of nitrogens with zero attached hydrogens (tertiary/aromatic N) is 1. The lowest BCUT2D eigenvalue weighted by molar-refractivity contribution is -0.0855. The van der Waals surface area contributed by atoms with Crippen molar-refractivity contribution < 1.29 is 14.3 Å².